The zero-order valence-corrected chi connectivity index (χ0v) is 10.8. The van der Waals surface area contributed by atoms with E-state index in [1.165, 1.54) is 25.7 Å². The van der Waals surface area contributed by atoms with Crippen LogP contribution < -0.4 is 16.6 Å². The summed E-state index contributed by atoms with van der Waals surface area (Å²) in [5, 5.41) is 3.38. The Bertz CT molecular complexity index is 219. The summed E-state index contributed by atoms with van der Waals surface area (Å²) < 4.78 is 0. The fraction of sp³-hybridized carbons (Fsp3) is 0.917. The summed E-state index contributed by atoms with van der Waals surface area (Å²) in [6, 6.07) is 0.462. The number of nitrogens with one attached hydrogen (secondary N) is 2. The summed E-state index contributed by atoms with van der Waals surface area (Å²) in [4.78, 5) is 4.42. The molecule has 0 aliphatic heterocycles. The van der Waals surface area contributed by atoms with Crippen molar-refractivity contribution >= 4 is 5.96 Å². The third-order valence-electron chi connectivity index (χ3n) is 3.22. The normalized spacial score (nSPS) is 20.2. The molecule has 1 saturated carbocycles. The first kappa shape index (κ1) is 13.3. The Balaban J connectivity index is 2.39. The average Bonchev–Trinajstić information content (AvgIpc) is 2.76. The topological polar surface area (TPSA) is 62.4 Å². The zero-order valence-electron chi connectivity index (χ0n) is 10.8. The predicted molar refractivity (Wildman–Crippen MR) is 69.0 cm³/mol. The number of hydrogen-bond acceptors (Lipinski definition) is 2. The minimum atomic E-state index is 0.462. The van der Waals surface area contributed by atoms with Gasteiger partial charge in [-0.2, -0.15) is 0 Å². The van der Waals surface area contributed by atoms with Gasteiger partial charge in [0.25, 0.3) is 0 Å². The van der Waals surface area contributed by atoms with Gasteiger partial charge in [-0.05, 0) is 31.6 Å². The molecule has 94 valence electrons. The van der Waals surface area contributed by atoms with Crippen molar-refractivity contribution in [3.63, 3.8) is 0 Å². The first-order chi connectivity index (χ1) is 7.63. The first-order valence-electron chi connectivity index (χ1n) is 6.41. The summed E-state index contributed by atoms with van der Waals surface area (Å²) in [5.74, 6) is 7.53. The van der Waals surface area contributed by atoms with Crippen molar-refractivity contribution in [2.45, 2.75) is 52.5 Å². The maximum Gasteiger partial charge on any atom is 0.205 e. The lowest BCUT2D eigenvalue weighted by Crippen LogP contribution is -2.47. The second-order valence-corrected chi connectivity index (χ2v) is 5.21. The molecule has 4 N–H and O–H groups in total. The van der Waals surface area contributed by atoms with Crippen LogP contribution in [-0.4, -0.2) is 18.5 Å². The molecule has 0 saturated heterocycles. The van der Waals surface area contributed by atoms with Crippen molar-refractivity contribution in [2.24, 2.45) is 22.7 Å². The van der Waals surface area contributed by atoms with Gasteiger partial charge in [-0.25, -0.2) is 5.84 Å². The van der Waals surface area contributed by atoms with Crippen molar-refractivity contribution in [3.05, 3.63) is 0 Å². The van der Waals surface area contributed by atoms with Gasteiger partial charge in [0.1, 0.15) is 0 Å². The largest absolute Gasteiger partial charge is 0.353 e. The molecule has 4 nitrogen and oxygen atoms in total. The third-order valence-corrected chi connectivity index (χ3v) is 3.22. The van der Waals surface area contributed by atoms with Gasteiger partial charge in [0.15, 0.2) is 0 Å². The molecule has 1 fully saturated rings. The Morgan fingerprint density at radius 2 is 1.94 bits per heavy atom. The SMILES string of the molecule is CC(C)CN=C(NN)NC(C)C1CCCC1. The van der Waals surface area contributed by atoms with Gasteiger partial charge in [0.05, 0.1) is 0 Å². The van der Waals surface area contributed by atoms with Crippen molar-refractivity contribution in [3.8, 4) is 0 Å². The number of aliphatic imine (C=N–C) groups is 1. The van der Waals surface area contributed by atoms with Gasteiger partial charge in [-0.15, -0.1) is 0 Å². The van der Waals surface area contributed by atoms with Gasteiger partial charge < -0.3 is 5.32 Å². The molecule has 0 bridgehead atoms. The maximum atomic E-state index is 5.46. The highest BCUT2D eigenvalue weighted by atomic mass is 15.3. The maximum absolute atomic E-state index is 5.46. The minimum absolute atomic E-state index is 0.462. The molecule has 1 unspecified atom stereocenters. The highest BCUT2D eigenvalue weighted by molar-refractivity contribution is 5.79. The van der Waals surface area contributed by atoms with Crippen LogP contribution in [0.2, 0.25) is 0 Å². The minimum Gasteiger partial charge on any atom is -0.353 e. The number of rotatable bonds is 4. The van der Waals surface area contributed by atoms with Crippen LogP contribution in [0.15, 0.2) is 4.99 Å². The highest BCUT2D eigenvalue weighted by Gasteiger charge is 2.21. The quantitative estimate of drug-likeness (QED) is 0.295. The molecular formula is C12H26N4. The Morgan fingerprint density at radius 3 is 2.44 bits per heavy atom. The molecule has 1 aliphatic rings. The number of guanidine groups is 1. The smallest absolute Gasteiger partial charge is 0.205 e. The van der Waals surface area contributed by atoms with Crippen LogP contribution in [0, 0.1) is 11.8 Å². The molecule has 0 heterocycles. The lowest BCUT2D eigenvalue weighted by Gasteiger charge is -2.22. The Labute approximate surface area is 99.1 Å². The summed E-state index contributed by atoms with van der Waals surface area (Å²) >= 11 is 0. The van der Waals surface area contributed by atoms with E-state index in [2.05, 4.69) is 36.5 Å². The van der Waals surface area contributed by atoms with E-state index in [1.807, 2.05) is 0 Å². The van der Waals surface area contributed by atoms with Gasteiger partial charge in [0, 0.05) is 12.6 Å². The molecule has 1 atom stereocenters. The standard InChI is InChI=1S/C12H26N4/c1-9(2)8-14-12(16-13)15-10(3)11-6-4-5-7-11/h9-11H,4-8,13H2,1-3H3,(H2,14,15,16). The van der Waals surface area contributed by atoms with Crippen LogP contribution in [-0.2, 0) is 0 Å². The molecule has 4 heteroatoms. The molecule has 16 heavy (non-hydrogen) atoms. The monoisotopic (exact) mass is 226 g/mol. The molecule has 0 aromatic carbocycles. The molecule has 0 amide bonds. The van der Waals surface area contributed by atoms with Gasteiger partial charge in [0.2, 0.25) is 5.96 Å². The van der Waals surface area contributed by atoms with Crippen LogP contribution in [0.3, 0.4) is 0 Å². The lowest BCUT2D eigenvalue weighted by molar-refractivity contribution is 0.422. The Morgan fingerprint density at radius 1 is 1.31 bits per heavy atom. The van der Waals surface area contributed by atoms with Crippen molar-refractivity contribution in [1.29, 1.82) is 0 Å². The van der Waals surface area contributed by atoms with Gasteiger partial charge in [-0.1, -0.05) is 26.7 Å². The third kappa shape index (κ3) is 4.39. The molecule has 1 aliphatic carbocycles. The van der Waals surface area contributed by atoms with E-state index >= 15 is 0 Å². The number of hydrogen-bond donors (Lipinski definition) is 3. The summed E-state index contributed by atoms with van der Waals surface area (Å²) in [5.41, 5.74) is 2.65. The molecule has 1 rings (SSSR count). The summed E-state index contributed by atoms with van der Waals surface area (Å²) in [6.45, 7) is 7.33. The lowest BCUT2D eigenvalue weighted by atomic mass is 10.0. The Hall–Kier alpha value is -0.770. The first-order valence-corrected chi connectivity index (χ1v) is 6.41. The van der Waals surface area contributed by atoms with E-state index in [0.717, 1.165) is 18.4 Å². The second kappa shape index (κ2) is 6.74. The highest BCUT2D eigenvalue weighted by Crippen LogP contribution is 2.27. The van der Waals surface area contributed by atoms with Gasteiger partial charge >= 0.3 is 0 Å². The second-order valence-electron chi connectivity index (χ2n) is 5.21. The summed E-state index contributed by atoms with van der Waals surface area (Å²) in [7, 11) is 0. The number of hydrazine groups is 1. The predicted octanol–water partition coefficient (Wildman–Crippen LogP) is 1.63. The number of nitrogens with two attached hydrogens (primary N) is 1. The zero-order chi connectivity index (χ0) is 12.0. The molecule has 0 spiro atoms. The van der Waals surface area contributed by atoms with E-state index in [4.69, 9.17) is 5.84 Å². The van der Waals surface area contributed by atoms with Crippen LogP contribution in [0.5, 0.6) is 0 Å². The van der Waals surface area contributed by atoms with Crippen LogP contribution in [0.25, 0.3) is 0 Å². The fourth-order valence-corrected chi connectivity index (χ4v) is 2.20. The molecular weight excluding hydrogens is 200 g/mol. The van der Waals surface area contributed by atoms with Crippen LogP contribution >= 0.6 is 0 Å². The van der Waals surface area contributed by atoms with Crippen LogP contribution in [0.1, 0.15) is 46.5 Å². The van der Waals surface area contributed by atoms with Crippen molar-refractivity contribution in [1.82, 2.24) is 10.7 Å². The molecule has 0 aromatic rings. The average molecular weight is 226 g/mol. The van der Waals surface area contributed by atoms with E-state index < -0.39 is 0 Å². The van der Waals surface area contributed by atoms with E-state index in [1.54, 1.807) is 0 Å². The van der Waals surface area contributed by atoms with E-state index in [9.17, 15) is 0 Å². The van der Waals surface area contributed by atoms with Crippen molar-refractivity contribution < 1.29 is 0 Å². The molecule has 0 aromatic heterocycles. The molecule has 0 radical (unpaired) electrons. The van der Waals surface area contributed by atoms with Gasteiger partial charge in [-0.3, -0.25) is 10.4 Å². The number of nitrogens with zero attached hydrogens (tertiary/aromatic N) is 1. The van der Waals surface area contributed by atoms with E-state index in [-0.39, 0.29) is 0 Å². The van der Waals surface area contributed by atoms with E-state index in [0.29, 0.717) is 12.0 Å². The fourth-order valence-electron chi connectivity index (χ4n) is 2.20. The Kier molecular flexibility index (Phi) is 5.60. The summed E-state index contributed by atoms with van der Waals surface area (Å²) in [6.07, 6.45) is 5.39. The van der Waals surface area contributed by atoms with Crippen molar-refractivity contribution in [2.75, 3.05) is 6.54 Å². The van der Waals surface area contributed by atoms with Crippen LogP contribution in [0.4, 0.5) is 0 Å².